The Morgan fingerprint density at radius 1 is 1.53 bits per heavy atom. The van der Waals surface area contributed by atoms with Crippen molar-refractivity contribution >= 4 is 37.7 Å². The van der Waals surface area contributed by atoms with E-state index in [0.29, 0.717) is 0 Å². The van der Waals surface area contributed by atoms with Crippen LogP contribution in [0, 0.1) is 0 Å². The molecule has 1 rings (SSSR count). The fraction of sp³-hybridized carbons (Fsp3) is 0.333. The normalized spacial score (nSPS) is 10.9. The summed E-state index contributed by atoms with van der Waals surface area (Å²) in [4.78, 5) is 14.7. The molecule has 94 valence electrons. The quantitative estimate of drug-likeness (QED) is 0.822. The molecule has 0 spiro atoms. The molecule has 0 aliphatic heterocycles. The minimum Gasteiger partial charge on any atom is -0.469 e. The van der Waals surface area contributed by atoms with E-state index in [0.717, 1.165) is 4.47 Å². The predicted molar refractivity (Wildman–Crippen MR) is 66.0 cm³/mol. The molecule has 0 aromatic carbocycles. The number of aromatic nitrogens is 1. The molecule has 0 aliphatic rings. The standard InChI is InChI=1S/C9H11BrN2O4S/c1-16-9(13)4-5-17(14,15)12-8-3-2-7(10)6-11-8/h2-3,6H,4-5H2,1H3,(H,11,12). The Labute approximate surface area is 108 Å². The van der Waals surface area contributed by atoms with Gasteiger partial charge in [0.25, 0.3) is 0 Å². The molecule has 0 bridgehead atoms. The molecule has 1 aromatic heterocycles. The van der Waals surface area contributed by atoms with Crippen molar-refractivity contribution in [1.29, 1.82) is 0 Å². The minimum atomic E-state index is -3.58. The fourth-order valence-corrected chi connectivity index (χ4v) is 2.18. The molecule has 1 N–H and O–H groups in total. The van der Waals surface area contributed by atoms with Crippen LogP contribution in [0.25, 0.3) is 0 Å². The van der Waals surface area contributed by atoms with Crippen LogP contribution in [0.5, 0.6) is 0 Å². The van der Waals surface area contributed by atoms with Crippen LogP contribution in [-0.4, -0.2) is 32.2 Å². The van der Waals surface area contributed by atoms with E-state index < -0.39 is 16.0 Å². The van der Waals surface area contributed by atoms with E-state index in [1.807, 2.05) is 0 Å². The van der Waals surface area contributed by atoms with Gasteiger partial charge in [-0.05, 0) is 28.1 Å². The number of carbonyl (C=O) groups is 1. The lowest BCUT2D eigenvalue weighted by atomic mass is 10.5. The number of nitrogens with zero attached hydrogens (tertiary/aromatic N) is 1. The first-order valence-corrected chi connectivity index (χ1v) is 7.06. The molecule has 0 saturated carbocycles. The Morgan fingerprint density at radius 2 is 2.24 bits per heavy atom. The molecule has 0 fully saturated rings. The zero-order valence-electron chi connectivity index (χ0n) is 9.01. The van der Waals surface area contributed by atoms with E-state index >= 15 is 0 Å². The lowest BCUT2D eigenvalue weighted by Crippen LogP contribution is -2.20. The number of nitrogens with one attached hydrogen (secondary N) is 1. The molecule has 0 atom stereocenters. The summed E-state index contributed by atoms with van der Waals surface area (Å²) in [7, 11) is -2.37. The fourth-order valence-electron chi connectivity index (χ4n) is 0.966. The summed E-state index contributed by atoms with van der Waals surface area (Å²) in [6.45, 7) is 0. The Bertz CT molecular complexity index is 486. The highest BCUT2D eigenvalue weighted by molar-refractivity contribution is 9.10. The highest BCUT2D eigenvalue weighted by atomic mass is 79.9. The molecular weight excluding hydrogens is 312 g/mol. The first kappa shape index (κ1) is 13.9. The van der Waals surface area contributed by atoms with Crippen LogP contribution >= 0.6 is 15.9 Å². The number of esters is 1. The molecule has 1 heterocycles. The maximum atomic E-state index is 11.5. The number of hydrogen-bond acceptors (Lipinski definition) is 5. The Hall–Kier alpha value is -1.15. The van der Waals surface area contributed by atoms with Gasteiger partial charge >= 0.3 is 5.97 Å². The van der Waals surface area contributed by atoms with Crippen LogP contribution in [0.4, 0.5) is 5.82 Å². The van der Waals surface area contributed by atoms with Gasteiger partial charge in [0.2, 0.25) is 10.0 Å². The average molecular weight is 323 g/mol. The van der Waals surface area contributed by atoms with Gasteiger partial charge in [-0.1, -0.05) is 0 Å². The van der Waals surface area contributed by atoms with Gasteiger partial charge in [-0.3, -0.25) is 9.52 Å². The predicted octanol–water partition coefficient (Wildman–Crippen LogP) is 1.15. The monoisotopic (exact) mass is 322 g/mol. The van der Waals surface area contributed by atoms with E-state index in [1.165, 1.54) is 19.4 Å². The smallest absolute Gasteiger partial charge is 0.306 e. The van der Waals surface area contributed by atoms with Crippen LogP contribution in [0.2, 0.25) is 0 Å². The number of pyridine rings is 1. The number of halogens is 1. The van der Waals surface area contributed by atoms with Crippen LogP contribution < -0.4 is 4.72 Å². The van der Waals surface area contributed by atoms with Gasteiger partial charge < -0.3 is 4.74 Å². The molecular formula is C9H11BrN2O4S. The summed E-state index contributed by atoms with van der Waals surface area (Å²) >= 11 is 3.18. The highest BCUT2D eigenvalue weighted by Gasteiger charge is 2.14. The van der Waals surface area contributed by atoms with Crippen LogP contribution in [0.15, 0.2) is 22.8 Å². The number of ether oxygens (including phenoxy) is 1. The van der Waals surface area contributed by atoms with Crippen molar-refractivity contribution in [2.45, 2.75) is 6.42 Å². The minimum absolute atomic E-state index is 0.192. The molecule has 0 amide bonds. The van der Waals surface area contributed by atoms with Gasteiger partial charge in [0.1, 0.15) is 5.82 Å². The van der Waals surface area contributed by atoms with Crippen molar-refractivity contribution < 1.29 is 17.9 Å². The molecule has 6 nitrogen and oxygen atoms in total. The highest BCUT2D eigenvalue weighted by Crippen LogP contribution is 2.11. The van der Waals surface area contributed by atoms with E-state index in [1.54, 1.807) is 6.07 Å². The molecule has 17 heavy (non-hydrogen) atoms. The van der Waals surface area contributed by atoms with E-state index in [-0.39, 0.29) is 18.0 Å². The summed E-state index contributed by atoms with van der Waals surface area (Å²) in [6, 6.07) is 3.17. The maximum absolute atomic E-state index is 11.5. The van der Waals surface area contributed by atoms with Crippen molar-refractivity contribution in [3.8, 4) is 0 Å². The van der Waals surface area contributed by atoms with Crippen molar-refractivity contribution in [1.82, 2.24) is 4.98 Å². The molecule has 0 radical (unpaired) electrons. The SMILES string of the molecule is COC(=O)CCS(=O)(=O)Nc1ccc(Br)cn1. The molecule has 0 saturated heterocycles. The third-order valence-electron chi connectivity index (χ3n) is 1.79. The number of methoxy groups -OCH3 is 1. The largest absolute Gasteiger partial charge is 0.469 e. The lowest BCUT2D eigenvalue weighted by molar-refractivity contribution is -0.140. The lowest BCUT2D eigenvalue weighted by Gasteiger charge is -2.06. The van der Waals surface area contributed by atoms with Gasteiger partial charge in [-0.2, -0.15) is 0 Å². The first-order chi connectivity index (χ1) is 7.93. The molecule has 0 aliphatic carbocycles. The first-order valence-electron chi connectivity index (χ1n) is 4.62. The summed E-state index contributed by atoms with van der Waals surface area (Å²) in [6.07, 6.45) is 1.28. The Balaban J connectivity index is 2.60. The molecule has 8 heteroatoms. The van der Waals surface area contributed by atoms with E-state index in [4.69, 9.17) is 0 Å². The number of sulfonamides is 1. The molecule has 0 unspecified atom stereocenters. The summed E-state index contributed by atoms with van der Waals surface area (Å²) in [5, 5.41) is 0. The van der Waals surface area contributed by atoms with E-state index in [2.05, 4.69) is 30.4 Å². The summed E-state index contributed by atoms with van der Waals surface area (Å²) in [5.74, 6) is -0.700. The van der Waals surface area contributed by atoms with Crippen LogP contribution in [-0.2, 0) is 19.6 Å². The second-order valence-electron chi connectivity index (χ2n) is 3.11. The van der Waals surface area contributed by atoms with Crippen molar-refractivity contribution in [3.63, 3.8) is 0 Å². The van der Waals surface area contributed by atoms with E-state index in [9.17, 15) is 13.2 Å². The number of carbonyl (C=O) groups excluding carboxylic acids is 1. The Kier molecular flexibility index (Phi) is 4.88. The second kappa shape index (κ2) is 5.97. The number of hydrogen-bond donors (Lipinski definition) is 1. The van der Waals surface area contributed by atoms with Gasteiger partial charge in [-0.15, -0.1) is 0 Å². The number of anilines is 1. The average Bonchev–Trinajstić information content (AvgIpc) is 2.29. The van der Waals surface area contributed by atoms with Crippen LogP contribution in [0.3, 0.4) is 0 Å². The van der Waals surface area contributed by atoms with Crippen molar-refractivity contribution in [3.05, 3.63) is 22.8 Å². The van der Waals surface area contributed by atoms with Crippen molar-refractivity contribution in [2.24, 2.45) is 0 Å². The Morgan fingerprint density at radius 3 is 2.76 bits per heavy atom. The third-order valence-corrected chi connectivity index (χ3v) is 3.52. The van der Waals surface area contributed by atoms with Gasteiger partial charge in [0.05, 0.1) is 19.3 Å². The van der Waals surface area contributed by atoms with Gasteiger partial charge in [0, 0.05) is 10.7 Å². The van der Waals surface area contributed by atoms with Gasteiger partial charge in [0.15, 0.2) is 0 Å². The topological polar surface area (TPSA) is 85.4 Å². The van der Waals surface area contributed by atoms with Crippen molar-refractivity contribution in [2.75, 3.05) is 17.6 Å². The zero-order chi connectivity index (χ0) is 12.9. The second-order valence-corrected chi connectivity index (χ2v) is 5.87. The summed E-state index contributed by atoms with van der Waals surface area (Å²) in [5.41, 5.74) is 0. The summed E-state index contributed by atoms with van der Waals surface area (Å²) < 4.78 is 30.4. The van der Waals surface area contributed by atoms with Crippen LogP contribution in [0.1, 0.15) is 6.42 Å². The third kappa shape index (κ3) is 5.14. The number of rotatable bonds is 5. The van der Waals surface area contributed by atoms with Gasteiger partial charge in [-0.25, -0.2) is 13.4 Å². The zero-order valence-corrected chi connectivity index (χ0v) is 11.4. The molecule has 1 aromatic rings. The maximum Gasteiger partial charge on any atom is 0.306 e.